The van der Waals surface area contributed by atoms with Crippen molar-refractivity contribution >= 4 is 0 Å². The average molecular weight is 382 g/mol. The van der Waals surface area contributed by atoms with E-state index in [1.165, 1.54) is 11.1 Å². The quantitative estimate of drug-likeness (QED) is 0.457. The predicted octanol–water partition coefficient (Wildman–Crippen LogP) is 5.05. The van der Waals surface area contributed by atoms with E-state index in [9.17, 15) is 5.11 Å². The van der Waals surface area contributed by atoms with Crippen LogP contribution < -0.4 is 0 Å². The predicted molar refractivity (Wildman–Crippen MR) is 120 cm³/mol. The van der Waals surface area contributed by atoms with Gasteiger partial charge in [0.15, 0.2) is 0 Å². The first kappa shape index (κ1) is 20.6. The maximum Gasteiger partial charge on any atom is 0.102 e. The van der Waals surface area contributed by atoms with Gasteiger partial charge in [-0.3, -0.25) is 4.90 Å². The zero-order chi connectivity index (χ0) is 20.3. The molecule has 2 atom stereocenters. The molecule has 0 bridgehead atoms. The number of aliphatic hydroxyl groups excluding tert-OH is 1. The highest BCUT2D eigenvalue weighted by molar-refractivity contribution is 5.36. The lowest BCUT2D eigenvalue weighted by atomic mass is 10.0. The normalized spacial score (nSPS) is 13.1. The average Bonchev–Trinajstić information content (AvgIpc) is 2.76. The Morgan fingerprint density at radius 1 is 0.793 bits per heavy atom. The summed E-state index contributed by atoms with van der Waals surface area (Å²) in [6, 6.07) is 30.3. The molecule has 3 rings (SSSR count). The molecule has 1 N–H and O–H groups in total. The molecule has 0 unspecified atom stereocenters. The number of benzene rings is 3. The Morgan fingerprint density at radius 3 is 1.76 bits per heavy atom. The number of hydrogen-bond acceptors (Lipinski definition) is 2. The maximum absolute atomic E-state index is 10.9. The van der Waals surface area contributed by atoms with Gasteiger partial charge in [0.2, 0.25) is 0 Å². The molecule has 0 aromatic heterocycles. The Kier molecular flexibility index (Phi) is 7.83. The zero-order valence-electron chi connectivity index (χ0n) is 16.8. The minimum atomic E-state index is -0.677. The summed E-state index contributed by atoms with van der Waals surface area (Å²) >= 11 is 0. The summed E-state index contributed by atoms with van der Waals surface area (Å²) in [6.07, 6.45) is 3.02. The lowest BCUT2D eigenvalue weighted by molar-refractivity contribution is 0.0994. The molecule has 0 saturated carbocycles. The van der Waals surface area contributed by atoms with E-state index in [0.717, 1.165) is 5.56 Å². The molecular weight excluding hydrogens is 354 g/mol. The summed E-state index contributed by atoms with van der Waals surface area (Å²) in [6.45, 7) is 3.33. The van der Waals surface area contributed by atoms with Crippen molar-refractivity contribution in [2.24, 2.45) is 0 Å². The van der Waals surface area contributed by atoms with Gasteiger partial charge in [-0.2, -0.15) is 0 Å². The summed E-state index contributed by atoms with van der Waals surface area (Å²) in [5.41, 5.74) is 3.34. The first-order valence-electron chi connectivity index (χ1n) is 9.95. The van der Waals surface area contributed by atoms with Crippen molar-refractivity contribution < 1.29 is 5.11 Å². The first-order valence-corrected chi connectivity index (χ1v) is 9.95. The van der Waals surface area contributed by atoms with Crippen molar-refractivity contribution in [1.82, 2.24) is 4.90 Å². The van der Waals surface area contributed by atoms with Crippen LogP contribution in [0.4, 0.5) is 0 Å². The van der Waals surface area contributed by atoms with E-state index in [1.54, 1.807) is 0 Å². The van der Waals surface area contributed by atoms with E-state index in [4.69, 9.17) is 0 Å². The van der Waals surface area contributed by atoms with Crippen LogP contribution in [-0.4, -0.2) is 22.2 Å². The second-order valence-electron chi connectivity index (χ2n) is 6.97. The summed E-state index contributed by atoms with van der Waals surface area (Å²) in [5, 5.41) is 10.9. The largest absolute Gasteiger partial charge is 0.386 e. The Morgan fingerprint density at radius 2 is 1.28 bits per heavy atom. The summed E-state index contributed by atoms with van der Waals surface area (Å²) < 4.78 is 0. The van der Waals surface area contributed by atoms with Gasteiger partial charge < -0.3 is 5.11 Å². The van der Waals surface area contributed by atoms with Crippen LogP contribution in [0.1, 0.15) is 23.6 Å². The molecule has 0 aliphatic heterocycles. The van der Waals surface area contributed by atoms with Crippen molar-refractivity contribution in [3.63, 3.8) is 0 Å². The van der Waals surface area contributed by atoms with Gasteiger partial charge in [0.05, 0.1) is 6.10 Å². The van der Waals surface area contributed by atoms with Gasteiger partial charge in [0.25, 0.3) is 0 Å². The van der Waals surface area contributed by atoms with Gasteiger partial charge in [-0.1, -0.05) is 103 Å². The molecule has 0 radical (unpaired) electrons. The van der Waals surface area contributed by atoms with E-state index < -0.39 is 6.10 Å². The Hall–Kier alpha value is -3.12. The molecule has 0 saturated heterocycles. The van der Waals surface area contributed by atoms with E-state index >= 15 is 0 Å². The summed E-state index contributed by atoms with van der Waals surface area (Å²) in [5.74, 6) is 6.59. The highest BCUT2D eigenvalue weighted by Gasteiger charge is 2.23. The van der Waals surface area contributed by atoms with E-state index in [1.807, 2.05) is 85.8 Å². The molecular formula is C27H27NO. The van der Waals surface area contributed by atoms with Crippen LogP contribution in [0.2, 0.25) is 0 Å². The van der Waals surface area contributed by atoms with Crippen LogP contribution in [0.5, 0.6) is 0 Å². The number of rotatable bonds is 7. The number of nitrogens with zero attached hydrogens (tertiary/aromatic N) is 1. The van der Waals surface area contributed by atoms with Crippen LogP contribution in [0.3, 0.4) is 0 Å². The minimum Gasteiger partial charge on any atom is -0.386 e. The van der Waals surface area contributed by atoms with Crippen molar-refractivity contribution in [2.45, 2.75) is 32.2 Å². The van der Waals surface area contributed by atoms with Crippen LogP contribution in [0.25, 0.3) is 0 Å². The van der Waals surface area contributed by atoms with Gasteiger partial charge in [-0.15, -0.1) is 0 Å². The number of allylic oxidation sites excluding steroid dienone is 1. The molecule has 146 valence electrons. The Bertz CT molecular complexity index is 898. The molecule has 0 spiro atoms. The van der Waals surface area contributed by atoms with Crippen LogP contribution in [0, 0.1) is 11.8 Å². The number of aliphatic hydroxyl groups is 1. The summed E-state index contributed by atoms with van der Waals surface area (Å²) in [7, 11) is 0. The molecule has 29 heavy (non-hydrogen) atoms. The van der Waals surface area contributed by atoms with Gasteiger partial charge in [0.1, 0.15) is 6.04 Å². The van der Waals surface area contributed by atoms with Crippen molar-refractivity contribution in [1.29, 1.82) is 0 Å². The zero-order valence-corrected chi connectivity index (χ0v) is 16.8. The smallest absolute Gasteiger partial charge is 0.102 e. The van der Waals surface area contributed by atoms with Crippen molar-refractivity contribution in [3.8, 4) is 11.8 Å². The fourth-order valence-corrected chi connectivity index (χ4v) is 3.26. The monoisotopic (exact) mass is 381 g/mol. The molecule has 0 aliphatic carbocycles. The second kappa shape index (κ2) is 11.0. The Balaban J connectivity index is 1.95. The van der Waals surface area contributed by atoms with Crippen LogP contribution in [-0.2, 0) is 13.1 Å². The number of hydrogen-bond donors (Lipinski definition) is 1. The first-order chi connectivity index (χ1) is 14.3. The van der Waals surface area contributed by atoms with E-state index in [0.29, 0.717) is 13.1 Å². The van der Waals surface area contributed by atoms with E-state index in [-0.39, 0.29) is 6.04 Å². The minimum absolute atomic E-state index is 0.327. The molecule has 0 heterocycles. The van der Waals surface area contributed by atoms with E-state index in [2.05, 4.69) is 41.0 Å². The third kappa shape index (κ3) is 6.47. The lowest BCUT2D eigenvalue weighted by Gasteiger charge is -2.31. The van der Waals surface area contributed by atoms with Crippen molar-refractivity contribution in [3.05, 3.63) is 120 Å². The third-order valence-electron chi connectivity index (χ3n) is 4.70. The molecule has 0 aliphatic rings. The lowest BCUT2D eigenvalue weighted by Crippen LogP contribution is -2.41. The second-order valence-corrected chi connectivity index (χ2v) is 6.97. The van der Waals surface area contributed by atoms with Crippen molar-refractivity contribution in [2.75, 3.05) is 0 Å². The van der Waals surface area contributed by atoms with Gasteiger partial charge in [-0.05, 0) is 30.2 Å². The molecule has 3 aromatic rings. The maximum atomic E-state index is 10.9. The highest BCUT2D eigenvalue weighted by atomic mass is 16.3. The Labute approximate surface area is 174 Å². The van der Waals surface area contributed by atoms with Gasteiger partial charge in [0, 0.05) is 18.7 Å². The van der Waals surface area contributed by atoms with Gasteiger partial charge in [-0.25, -0.2) is 0 Å². The molecule has 2 heteroatoms. The van der Waals surface area contributed by atoms with Gasteiger partial charge >= 0.3 is 0 Å². The molecule has 2 nitrogen and oxygen atoms in total. The highest BCUT2D eigenvalue weighted by Crippen LogP contribution is 2.16. The molecule has 3 aromatic carbocycles. The molecule has 0 fully saturated rings. The summed E-state index contributed by atoms with van der Waals surface area (Å²) in [4.78, 5) is 2.24. The third-order valence-corrected chi connectivity index (χ3v) is 4.70. The van der Waals surface area contributed by atoms with Crippen LogP contribution in [0.15, 0.2) is 103 Å². The fourth-order valence-electron chi connectivity index (χ4n) is 3.26. The fraction of sp³-hybridized carbons (Fsp3) is 0.185. The standard InChI is InChI=1S/C27H27NO/c1-2-12-27(29)26(20-19-23-13-6-3-7-14-23)28(21-24-15-8-4-9-16-24)22-25-17-10-5-11-18-25/h2-18,26-27,29H,21-22H2,1H3/b12-2+/t26-,27+/m1/s1. The SMILES string of the molecule is C/C=C/[C@H](O)[C@@H](C#Cc1ccccc1)N(Cc1ccccc1)Cc1ccccc1. The topological polar surface area (TPSA) is 23.5 Å². The molecule has 0 amide bonds. The van der Waals surface area contributed by atoms with Crippen LogP contribution >= 0.6 is 0 Å².